The van der Waals surface area contributed by atoms with Gasteiger partial charge in [-0.25, -0.2) is 4.98 Å². The lowest BCUT2D eigenvalue weighted by atomic mass is 10.2. The summed E-state index contributed by atoms with van der Waals surface area (Å²) in [5.74, 6) is 0.0958. The molecule has 90 valence electrons. The van der Waals surface area contributed by atoms with E-state index in [1.165, 1.54) is 11.3 Å². The van der Waals surface area contributed by atoms with Crippen LogP contribution in [0.4, 0.5) is 0 Å². The van der Waals surface area contributed by atoms with Crippen LogP contribution < -0.4 is 0 Å². The number of phenolic OH excluding ortho intramolecular Hbond substituents is 2. The molecule has 0 aliphatic carbocycles. The lowest BCUT2D eigenvalue weighted by Gasteiger charge is -2.02. The molecule has 2 N–H and O–H groups in total. The Bertz CT molecular complexity index is 713. The highest BCUT2D eigenvalue weighted by molar-refractivity contribution is 7.21. The van der Waals surface area contributed by atoms with E-state index >= 15 is 0 Å². The Balaban J connectivity index is 2.30. The second-order valence-corrected chi connectivity index (χ2v) is 5.14. The molecule has 0 aliphatic rings. The summed E-state index contributed by atoms with van der Waals surface area (Å²) >= 11 is 1.46. The summed E-state index contributed by atoms with van der Waals surface area (Å²) in [6, 6.07) is 10.7. The third kappa shape index (κ3) is 1.62. The zero-order valence-electron chi connectivity index (χ0n) is 9.71. The Morgan fingerprint density at radius 1 is 1.00 bits per heavy atom. The number of nitrogens with zero attached hydrogens (tertiary/aromatic N) is 1. The molecule has 0 saturated carbocycles. The highest BCUT2D eigenvalue weighted by atomic mass is 32.1. The summed E-state index contributed by atoms with van der Waals surface area (Å²) in [6.45, 7) is 2.00. The molecule has 0 spiro atoms. The van der Waals surface area contributed by atoms with Gasteiger partial charge in [0.1, 0.15) is 16.5 Å². The molecule has 0 atom stereocenters. The molecule has 0 unspecified atom stereocenters. The predicted molar refractivity (Wildman–Crippen MR) is 73.1 cm³/mol. The van der Waals surface area contributed by atoms with Gasteiger partial charge in [0.05, 0.1) is 15.8 Å². The summed E-state index contributed by atoms with van der Waals surface area (Å²) in [5, 5.41) is 20.3. The molecule has 3 nitrogen and oxygen atoms in total. The maximum absolute atomic E-state index is 9.85. The summed E-state index contributed by atoms with van der Waals surface area (Å²) in [5.41, 5.74) is 2.41. The van der Waals surface area contributed by atoms with Crippen molar-refractivity contribution in [2.75, 3.05) is 0 Å². The Kier molecular flexibility index (Phi) is 2.45. The van der Waals surface area contributed by atoms with Crippen LogP contribution in [0.2, 0.25) is 0 Å². The highest BCUT2D eigenvalue weighted by Crippen LogP contribution is 2.40. The van der Waals surface area contributed by atoms with Crippen molar-refractivity contribution in [2.45, 2.75) is 6.92 Å². The van der Waals surface area contributed by atoms with E-state index < -0.39 is 0 Å². The van der Waals surface area contributed by atoms with Gasteiger partial charge in [-0.15, -0.1) is 11.3 Å². The molecule has 0 radical (unpaired) electrons. The Labute approximate surface area is 108 Å². The minimum atomic E-state index is 0.0479. The second-order valence-electron chi connectivity index (χ2n) is 4.11. The molecule has 0 saturated heterocycles. The van der Waals surface area contributed by atoms with Gasteiger partial charge < -0.3 is 10.2 Å². The van der Waals surface area contributed by atoms with E-state index in [0.29, 0.717) is 10.6 Å². The molecule has 0 fully saturated rings. The van der Waals surface area contributed by atoms with Gasteiger partial charge in [0.15, 0.2) is 0 Å². The second kappa shape index (κ2) is 3.99. The van der Waals surface area contributed by atoms with Crippen LogP contribution in [-0.2, 0) is 0 Å². The lowest BCUT2D eigenvalue weighted by Crippen LogP contribution is -1.80. The summed E-state index contributed by atoms with van der Waals surface area (Å²) < 4.78 is 1.05. The zero-order chi connectivity index (χ0) is 12.7. The maximum Gasteiger partial charge on any atom is 0.132 e. The van der Waals surface area contributed by atoms with E-state index in [-0.39, 0.29) is 11.5 Å². The van der Waals surface area contributed by atoms with Crippen molar-refractivity contribution in [3.8, 4) is 22.1 Å². The van der Waals surface area contributed by atoms with Crippen LogP contribution in [0.3, 0.4) is 0 Å². The number of hydrogen-bond acceptors (Lipinski definition) is 4. The van der Waals surface area contributed by atoms with Gasteiger partial charge in [0, 0.05) is 0 Å². The number of hydrogen-bond donors (Lipinski definition) is 2. The fourth-order valence-electron chi connectivity index (χ4n) is 1.94. The Hall–Kier alpha value is -2.07. The predicted octanol–water partition coefficient (Wildman–Crippen LogP) is 3.68. The van der Waals surface area contributed by atoms with E-state index in [0.717, 1.165) is 15.8 Å². The van der Waals surface area contributed by atoms with Gasteiger partial charge in [-0.1, -0.05) is 18.2 Å². The van der Waals surface area contributed by atoms with Crippen molar-refractivity contribution in [2.24, 2.45) is 0 Å². The van der Waals surface area contributed by atoms with Crippen LogP contribution in [0.1, 0.15) is 5.56 Å². The average molecular weight is 257 g/mol. The molecule has 0 bridgehead atoms. The summed E-state index contributed by atoms with van der Waals surface area (Å²) in [7, 11) is 0. The monoisotopic (exact) mass is 257 g/mol. The molecule has 4 heteroatoms. The number of phenols is 2. The molecule has 18 heavy (non-hydrogen) atoms. The van der Waals surface area contributed by atoms with Gasteiger partial charge in [0.2, 0.25) is 0 Å². The fraction of sp³-hybridized carbons (Fsp3) is 0.0714. The van der Waals surface area contributed by atoms with Gasteiger partial charge in [0.25, 0.3) is 0 Å². The van der Waals surface area contributed by atoms with E-state index in [4.69, 9.17) is 0 Å². The van der Waals surface area contributed by atoms with Crippen LogP contribution in [0, 0.1) is 6.92 Å². The SMILES string of the molecule is Cc1cccc2sc(-c3c(O)cccc3O)nc12. The van der Waals surface area contributed by atoms with Crippen molar-refractivity contribution in [1.82, 2.24) is 4.98 Å². The van der Waals surface area contributed by atoms with Crippen molar-refractivity contribution < 1.29 is 10.2 Å². The van der Waals surface area contributed by atoms with Crippen molar-refractivity contribution in [3.05, 3.63) is 42.0 Å². The third-order valence-corrected chi connectivity index (χ3v) is 3.89. The molecule has 3 aromatic rings. The Morgan fingerprint density at radius 3 is 2.33 bits per heavy atom. The largest absolute Gasteiger partial charge is 0.507 e. The third-order valence-electron chi connectivity index (χ3n) is 2.86. The van der Waals surface area contributed by atoms with Crippen molar-refractivity contribution in [3.63, 3.8) is 0 Å². The molecule has 0 aliphatic heterocycles. The average Bonchev–Trinajstić information content (AvgIpc) is 2.74. The van der Waals surface area contributed by atoms with Crippen LogP contribution in [0.15, 0.2) is 36.4 Å². The first-order chi connectivity index (χ1) is 8.66. The minimum absolute atomic E-state index is 0.0479. The first-order valence-corrected chi connectivity index (χ1v) is 6.36. The number of aryl methyl sites for hydroxylation is 1. The fourth-order valence-corrected chi connectivity index (χ4v) is 3.05. The first-order valence-electron chi connectivity index (χ1n) is 5.54. The Morgan fingerprint density at radius 2 is 1.67 bits per heavy atom. The van der Waals surface area contributed by atoms with Crippen molar-refractivity contribution >= 4 is 21.6 Å². The highest BCUT2D eigenvalue weighted by Gasteiger charge is 2.14. The topological polar surface area (TPSA) is 53.4 Å². The first kappa shape index (κ1) is 11.0. The zero-order valence-corrected chi connectivity index (χ0v) is 10.5. The molecule has 1 heterocycles. The van der Waals surface area contributed by atoms with Gasteiger partial charge in [-0.3, -0.25) is 0 Å². The molecule has 2 aromatic carbocycles. The van der Waals surface area contributed by atoms with E-state index in [9.17, 15) is 10.2 Å². The standard InChI is InChI=1S/C14H11NO2S/c1-8-4-2-7-11-13(8)15-14(18-11)12-9(16)5-3-6-10(12)17/h2-7,16-17H,1H3. The minimum Gasteiger partial charge on any atom is -0.507 e. The van der Waals surface area contributed by atoms with E-state index in [1.807, 2.05) is 25.1 Å². The molecule has 0 amide bonds. The number of benzene rings is 2. The molecule has 3 rings (SSSR count). The number of para-hydroxylation sites is 1. The quantitative estimate of drug-likeness (QED) is 0.699. The molecule has 1 aromatic heterocycles. The summed E-state index contributed by atoms with van der Waals surface area (Å²) in [6.07, 6.45) is 0. The van der Waals surface area contributed by atoms with Crippen LogP contribution in [-0.4, -0.2) is 15.2 Å². The normalized spacial score (nSPS) is 10.9. The van der Waals surface area contributed by atoms with Crippen LogP contribution in [0.5, 0.6) is 11.5 Å². The number of aromatic hydroxyl groups is 2. The number of rotatable bonds is 1. The van der Waals surface area contributed by atoms with Crippen molar-refractivity contribution in [1.29, 1.82) is 0 Å². The van der Waals surface area contributed by atoms with Gasteiger partial charge >= 0.3 is 0 Å². The number of aromatic nitrogens is 1. The van der Waals surface area contributed by atoms with Crippen LogP contribution in [0.25, 0.3) is 20.8 Å². The van der Waals surface area contributed by atoms with E-state index in [1.54, 1.807) is 18.2 Å². The summed E-state index contributed by atoms with van der Waals surface area (Å²) in [4.78, 5) is 4.50. The maximum atomic E-state index is 9.85. The lowest BCUT2D eigenvalue weighted by molar-refractivity contribution is 0.454. The molecular formula is C14H11NO2S. The molecular weight excluding hydrogens is 246 g/mol. The van der Waals surface area contributed by atoms with E-state index in [2.05, 4.69) is 4.98 Å². The van der Waals surface area contributed by atoms with Crippen LogP contribution >= 0.6 is 11.3 Å². The number of fused-ring (bicyclic) bond motifs is 1. The number of thiazole rings is 1. The smallest absolute Gasteiger partial charge is 0.132 e. The van der Waals surface area contributed by atoms with Gasteiger partial charge in [-0.05, 0) is 30.7 Å². The van der Waals surface area contributed by atoms with Gasteiger partial charge in [-0.2, -0.15) is 0 Å².